The summed E-state index contributed by atoms with van der Waals surface area (Å²) in [4.78, 5) is 12.5. The number of carbonyl (C=O) groups excluding carboxylic acids is 1. The first-order valence-corrected chi connectivity index (χ1v) is 8.93. The number of benzene rings is 2. The van der Waals surface area contributed by atoms with Gasteiger partial charge < -0.3 is 10.1 Å². The zero-order valence-electron chi connectivity index (χ0n) is 14.7. The molecule has 3 rings (SSSR count). The third-order valence-corrected chi connectivity index (χ3v) is 4.84. The number of hydrogen-bond acceptors (Lipinski definition) is 6. The number of nitrogens with one attached hydrogen (secondary N) is 1. The molecule has 0 bridgehead atoms. The number of aromatic nitrogens is 4. The number of methoxy groups -OCH3 is 1. The largest absolute Gasteiger partial charge is 0.494 e. The Labute approximate surface area is 155 Å². The van der Waals surface area contributed by atoms with Crippen molar-refractivity contribution < 1.29 is 9.53 Å². The molecule has 7 nitrogen and oxygen atoms in total. The minimum absolute atomic E-state index is 0.112. The number of thioether (sulfide) groups is 1. The van der Waals surface area contributed by atoms with Crippen molar-refractivity contribution >= 4 is 23.4 Å². The maximum atomic E-state index is 12.5. The van der Waals surface area contributed by atoms with Crippen LogP contribution in [0.3, 0.4) is 0 Å². The lowest BCUT2D eigenvalue weighted by atomic mass is 10.2. The Morgan fingerprint density at radius 3 is 2.69 bits per heavy atom. The van der Waals surface area contributed by atoms with Crippen LogP contribution in [-0.2, 0) is 4.79 Å². The average molecular weight is 369 g/mol. The van der Waals surface area contributed by atoms with E-state index in [0.29, 0.717) is 16.6 Å². The van der Waals surface area contributed by atoms with Gasteiger partial charge in [-0.1, -0.05) is 42.1 Å². The van der Waals surface area contributed by atoms with Gasteiger partial charge in [0.1, 0.15) is 11.4 Å². The Hall–Kier alpha value is -2.87. The molecule has 1 atom stereocenters. The summed E-state index contributed by atoms with van der Waals surface area (Å²) in [6, 6.07) is 15.1. The number of para-hydroxylation sites is 3. The number of hydrogen-bond donors (Lipinski definition) is 1. The molecule has 134 valence electrons. The van der Waals surface area contributed by atoms with Crippen LogP contribution < -0.4 is 10.1 Å². The first kappa shape index (κ1) is 17.9. The van der Waals surface area contributed by atoms with E-state index in [1.54, 1.807) is 11.8 Å². The van der Waals surface area contributed by atoms with Crippen molar-refractivity contribution in [1.82, 2.24) is 20.2 Å². The van der Waals surface area contributed by atoms with E-state index in [2.05, 4.69) is 20.8 Å². The van der Waals surface area contributed by atoms with Gasteiger partial charge in [0.25, 0.3) is 0 Å². The van der Waals surface area contributed by atoms with E-state index in [1.807, 2.05) is 62.4 Å². The van der Waals surface area contributed by atoms with Crippen LogP contribution in [0.4, 0.5) is 5.69 Å². The third-order valence-electron chi connectivity index (χ3n) is 3.81. The number of rotatable bonds is 6. The Balaban J connectivity index is 1.76. The predicted octanol–water partition coefficient (Wildman–Crippen LogP) is 3.10. The van der Waals surface area contributed by atoms with Crippen LogP contribution in [0.5, 0.6) is 5.75 Å². The molecule has 2 aromatic carbocycles. The monoisotopic (exact) mass is 369 g/mol. The summed E-state index contributed by atoms with van der Waals surface area (Å²) in [5, 5.41) is 14.9. The van der Waals surface area contributed by atoms with Crippen molar-refractivity contribution in [3.05, 3.63) is 54.1 Å². The lowest BCUT2D eigenvalue weighted by molar-refractivity contribution is -0.115. The molecule has 0 spiro atoms. The molecule has 8 heteroatoms. The van der Waals surface area contributed by atoms with Gasteiger partial charge in [-0.15, -0.1) is 5.10 Å². The van der Waals surface area contributed by atoms with Crippen molar-refractivity contribution in [3.8, 4) is 11.4 Å². The van der Waals surface area contributed by atoms with Crippen LogP contribution in [0.25, 0.3) is 5.69 Å². The smallest absolute Gasteiger partial charge is 0.237 e. The van der Waals surface area contributed by atoms with Crippen molar-refractivity contribution in [2.45, 2.75) is 24.3 Å². The SMILES string of the molecule is COc1ccccc1-n1nnnc1SC(C)C(=O)Nc1ccccc1C. The van der Waals surface area contributed by atoms with Crippen LogP contribution in [0, 0.1) is 6.92 Å². The van der Waals surface area contributed by atoms with Crippen LogP contribution >= 0.6 is 11.8 Å². The van der Waals surface area contributed by atoms with Gasteiger partial charge in [0.2, 0.25) is 11.1 Å². The highest BCUT2D eigenvalue weighted by Gasteiger charge is 2.20. The molecule has 3 aromatic rings. The lowest BCUT2D eigenvalue weighted by Crippen LogP contribution is -2.23. The summed E-state index contributed by atoms with van der Waals surface area (Å²) < 4.78 is 6.93. The summed E-state index contributed by atoms with van der Waals surface area (Å²) in [6.07, 6.45) is 0. The molecule has 0 saturated heterocycles. The molecule has 0 radical (unpaired) electrons. The second-order valence-electron chi connectivity index (χ2n) is 5.61. The summed E-state index contributed by atoms with van der Waals surface area (Å²) in [6.45, 7) is 3.77. The molecule has 0 aliphatic heterocycles. The van der Waals surface area contributed by atoms with Gasteiger partial charge in [-0.3, -0.25) is 4.79 Å². The summed E-state index contributed by atoms with van der Waals surface area (Å²) in [5.41, 5.74) is 2.53. The van der Waals surface area contributed by atoms with Gasteiger partial charge in [0.15, 0.2) is 0 Å². The maximum absolute atomic E-state index is 12.5. The van der Waals surface area contributed by atoms with E-state index >= 15 is 0 Å². The van der Waals surface area contributed by atoms with E-state index in [1.165, 1.54) is 11.8 Å². The molecule has 1 unspecified atom stereocenters. The molecule has 1 N–H and O–H groups in total. The molecular weight excluding hydrogens is 350 g/mol. The van der Waals surface area contributed by atoms with Gasteiger partial charge in [0, 0.05) is 5.69 Å². The van der Waals surface area contributed by atoms with Gasteiger partial charge in [-0.05, 0) is 48.0 Å². The molecule has 1 aromatic heterocycles. The van der Waals surface area contributed by atoms with E-state index in [4.69, 9.17) is 4.74 Å². The minimum Gasteiger partial charge on any atom is -0.494 e. The molecule has 0 saturated carbocycles. The zero-order valence-corrected chi connectivity index (χ0v) is 15.5. The maximum Gasteiger partial charge on any atom is 0.237 e. The first-order chi connectivity index (χ1) is 12.6. The standard InChI is InChI=1S/C18H19N5O2S/c1-12-8-4-5-9-14(12)19-17(24)13(2)26-18-20-21-22-23(18)15-10-6-7-11-16(15)25-3/h4-11,13H,1-3H3,(H,19,24). The molecule has 0 fully saturated rings. The number of carbonyl (C=O) groups is 1. The highest BCUT2D eigenvalue weighted by Crippen LogP contribution is 2.28. The van der Waals surface area contributed by atoms with Crippen molar-refractivity contribution in [2.75, 3.05) is 12.4 Å². The second kappa shape index (κ2) is 8.01. The normalized spacial score (nSPS) is 11.8. The number of amides is 1. The summed E-state index contributed by atoms with van der Waals surface area (Å²) in [7, 11) is 1.59. The first-order valence-electron chi connectivity index (χ1n) is 8.05. The predicted molar refractivity (Wildman–Crippen MR) is 101 cm³/mol. The summed E-state index contributed by atoms with van der Waals surface area (Å²) >= 11 is 1.28. The van der Waals surface area contributed by atoms with Gasteiger partial charge in [-0.2, -0.15) is 4.68 Å². The zero-order chi connectivity index (χ0) is 18.5. The lowest BCUT2D eigenvalue weighted by Gasteiger charge is -2.14. The molecule has 0 aliphatic rings. The van der Waals surface area contributed by atoms with Crippen LogP contribution in [-0.4, -0.2) is 38.5 Å². The fraction of sp³-hybridized carbons (Fsp3) is 0.222. The van der Waals surface area contributed by atoms with Crippen LogP contribution in [0.2, 0.25) is 0 Å². The minimum atomic E-state index is -0.380. The van der Waals surface area contributed by atoms with Crippen LogP contribution in [0.15, 0.2) is 53.7 Å². The van der Waals surface area contributed by atoms with E-state index < -0.39 is 0 Å². The van der Waals surface area contributed by atoms with E-state index in [9.17, 15) is 4.79 Å². The topological polar surface area (TPSA) is 81.9 Å². The Morgan fingerprint density at radius 2 is 1.92 bits per heavy atom. The van der Waals surface area contributed by atoms with E-state index in [-0.39, 0.29) is 11.2 Å². The molecule has 26 heavy (non-hydrogen) atoms. The highest BCUT2D eigenvalue weighted by atomic mass is 32.2. The number of nitrogens with zero attached hydrogens (tertiary/aromatic N) is 4. The quantitative estimate of drug-likeness (QED) is 0.673. The molecule has 0 aliphatic carbocycles. The Kier molecular flexibility index (Phi) is 5.52. The number of aryl methyl sites for hydroxylation is 1. The number of ether oxygens (including phenoxy) is 1. The number of tetrazole rings is 1. The average Bonchev–Trinajstić information content (AvgIpc) is 3.11. The Morgan fingerprint density at radius 1 is 1.19 bits per heavy atom. The second-order valence-corrected chi connectivity index (χ2v) is 6.92. The summed E-state index contributed by atoms with van der Waals surface area (Å²) in [5.74, 6) is 0.539. The fourth-order valence-electron chi connectivity index (χ4n) is 2.37. The molecular formula is C18H19N5O2S. The molecule has 1 amide bonds. The Bertz CT molecular complexity index is 912. The van der Waals surface area contributed by atoms with Gasteiger partial charge >= 0.3 is 0 Å². The highest BCUT2D eigenvalue weighted by molar-refractivity contribution is 8.00. The van der Waals surface area contributed by atoms with Crippen molar-refractivity contribution in [2.24, 2.45) is 0 Å². The fourth-order valence-corrected chi connectivity index (χ4v) is 3.17. The third kappa shape index (κ3) is 3.85. The van der Waals surface area contributed by atoms with Crippen molar-refractivity contribution in [1.29, 1.82) is 0 Å². The van der Waals surface area contributed by atoms with Crippen molar-refractivity contribution in [3.63, 3.8) is 0 Å². The van der Waals surface area contributed by atoms with Gasteiger partial charge in [0.05, 0.1) is 12.4 Å². The van der Waals surface area contributed by atoms with E-state index in [0.717, 1.165) is 11.3 Å². The van der Waals surface area contributed by atoms with Gasteiger partial charge in [-0.25, -0.2) is 0 Å². The molecule has 1 heterocycles. The number of anilines is 1. The van der Waals surface area contributed by atoms with Crippen LogP contribution in [0.1, 0.15) is 12.5 Å².